The van der Waals surface area contributed by atoms with Gasteiger partial charge in [-0.25, -0.2) is 4.79 Å². The summed E-state index contributed by atoms with van der Waals surface area (Å²) in [7, 11) is 1.66. The van der Waals surface area contributed by atoms with Gasteiger partial charge in [0.05, 0.1) is 22.5 Å². The molecule has 1 saturated heterocycles. The van der Waals surface area contributed by atoms with E-state index in [0.717, 1.165) is 40.5 Å². The Bertz CT molecular complexity index is 812. The van der Waals surface area contributed by atoms with E-state index in [0.29, 0.717) is 12.5 Å². The van der Waals surface area contributed by atoms with Crippen LogP contribution >= 0.6 is 15.9 Å². The lowest BCUT2D eigenvalue weighted by atomic mass is 9.77. The summed E-state index contributed by atoms with van der Waals surface area (Å²) in [4.78, 5) is 13.2. The number of carboxylic acid groups (broad SMARTS) is 1. The highest BCUT2D eigenvalue weighted by Gasteiger charge is 2.38. The van der Waals surface area contributed by atoms with E-state index in [-0.39, 0.29) is 11.5 Å². The smallest absolute Gasteiger partial charge is 0.407 e. The molecule has 142 valence electrons. The predicted octanol–water partition coefficient (Wildman–Crippen LogP) is 4.61. The molecule has 1 amide bonds. The third-order valence-electron chi connectivity index (χ3n) is 5.25. The van der Waals surface area contributed by atoms with Crippen LogP contribution in [0.3, 0.4) is 0 Å². The van der Waals surface area contributed by atoms with Crippen LogP contribution in [0.25, 0.3) is 10.9 Å². The number of halogens is 1. The summed E-state index contributed by atoms with van der Waals surface area (Å²) >= 11 is 3.51. The number of ether oxygens (including phenoxy) is 1. The predicted molar refractivity (Wildman–Crippen MR) is 105 cm³/mol. The van der Waals surface area contributed by atoms with Crippen molar-refractivity contribution >= 4 is 32.9 Å². The zero-order valence-corrected chi connectivity index (χ0v) is 17.3. The van der Waals surface area contributed by atoms with E-state index in [1.54, 1.807) is 12.0 Å². The number of nitrogens with zero attached hydrogens (tertiary/aromatic N) is 3. The van der Waals surface area contributed by atoms with E-state index >= 15 is 0 Å². The van der Waals surface area contributed by atoms with E-state index in [9.17, 15) is 9.90 Å². The molecule has 2 unspecified atom stereocenters. The van der Waals surface area contributed by atoms with Gasteiger partial charge < -0.3 is 14.7 Å². The molecular formula is C19H26BrN3O3. The number of fused-ring (bicyclic) bond motifs is 1. The third kappa shape index (κ3) is 3.68. The Morgan fingerprint density at radius 3 is 2.77 bits per heavy atom. The van der Waals surface area contributed by atoms with Gasteiger partial charge >= 0.3 is 6.09 Å². The number of benzene rings is 1. The van der Waals surface area contributed by atoms with Crippen molar-refractivity contribution in [1.82, 2.24) is 14.7 Å². The lowest BCUT2D eigenvalue weighted by molar-refractivity contribution is 0.0367. The maximum absolute atomic E-state index is 11.6. The molecule has 1 aliphatic rings. The molecule has 1 aromatic carbocycles. The van der Waals surface area contributed by atoms with Crippen LogP contribution in [-0.2, 0) is 6.54 Å². The van der Waals surface area contributed by atoms with Gasteiger partial charge in [-0.3, -0.25) is 4.68 Å². The van der Waals surface area contributed by atoms with Gasteiger partial charge in [0.2, 0.25) is 0 Å². The van der Waals surface area contributed by atoms with Crippen molar-refractivity contribution in [2.45, 2.75) is 46.2 Å². The molecule has 7 heteroatoms. The fourth-order valence-corrected chi connectivity index (χ4v) is 4.42. The molecule has 0 aliphatic carbocycles. The second-order valence-electron chi connectivity index (χ2n) is 8.11. The topological polar surface area (TPSA) is 67.6 Å². The number of rotatable bonds is 3. The van der Waals surface area contributed by atoms with Crippen molar-refractivity contribution in [3.05, 3.63) is 22.8 Å². The average Bonchev–Trinajstić information content (AvgIpc) is 2.96. The fourth-order valence-electron chi connectivity index (χ4n) is 3.91. The zero-order chi connectivity index (χ0) is 19.1. The first kappa shape index (κ1) is 19.0. The van der Waals surface area contributed by atoms with E-state index in [4.69, 9.17) is 4.74 Å². The molecule has 1 N–H and O–H groups in total. The number of hydrogen-bond acceptors (Lipinski definition) is 3. The maximum Gasteiger partial charge on any atom is 0.407 e. The second kappa shape index (κ2) is 7.10. The molecule has 2 aromatic rings. The van der Waals surface area contributed by atoms with Gasteiger partial charge in [0.15, 0.2) is 0 Å². The summed E-state index contributed by atoms with van der Waals surface area (Å²) in [5.41, 5.74) is 0.820. The quantitative estimate of drug-likeness (QED) is 0.782. The van der Waals surface area contributed by atoms with E-state index in [2.05, 4.69) is 41.8 Å². The van der Waals surface area contributed by atoms with Gasteiger partial charge in [0.1, 0.15) is 5.75 Å². The van der Waals surface area contributed by atoms with Crippen LogP contribution in [0.2, 0.25) is 0 Å². The van der Waals surface area contributed by atoms with Crippen molar-refractivity contribution < 1.29 is 14.6 Å². The average molecular weight is 424 g/mol. The first-order valence-corrected chi connectivity index (χ1v) is 9.69. The molecule has 0 radical (unpaired) electrons. The number of methoxy groups -OCH3 is 1. The van der Waals surface area contributed by atoms with Gasteiger partial charge in [-0.15, -0.1) is 0 Å². The molecule has 1 aliphatic heterocycles. The summed E-state index contributed by atoms with van der Waals surface area (Å²) < 4.78 is 8.38. The number of hydrogen-bond donors (Lipinski definition) is 1. The molecule has 0 spiro atoms. The Morgan fingerprint density at radius 2 is 2.15 bits per heavy atom. The monoisotopic (exact) mass is 423 g/mol. The first-order valence-electron chi connectivity index (χ1n) is 8.90. The molecule has 6 nitrogen and oxygen atoms in total. The fraction of sp³-hybridized carbons (Fsp3) is 0.579. The lowest BCUT2D eigenvalue weighted by Crippen LogP contribution is -2.52. The number of aromatic nitrogens is 2. The van der Waals surface area contributed by atoms with Gasteiger partial charge in [-0.1, -0.05) is 20.8 Å². The number of piperidine rings is 1. The van der Waals surface area contributed by atoms with Crippen LogP contribution in [-0.4, -0.2) is 45.6 Å². The minimum absolute atomic E-state index is 0.0207. The first-order chi connectivity index (χ1) is 12.2. The molecule has 3 rings (SSSR count). The van der Waals surface area contributed by atoms with Crippen molar-refractivity contribution in [1.29, 1.82) is 0 Å². The van der Waals surface area contributed by atoms with Crippen LogP contribution < -0.4 is 4.74 Å². The van der Waals surface area contributed by atoms with E-state index < -0.39 is 6.09 Å². The third-order valence-corrected chi connectivity index (χ3v) is 5.87. The van der Waals surface area contributed by atoms with Gasteiger partial charge in [0.25, 0.3) is 0 Å². The standard InChI is InChI=1S/C19H26BrN3O3/c1-19(2,3)16-9-12(7-8-23(16)18(24)25)10-22-11-13-15(21-22)6-5-14(20)17(13)26-4/h5-6,11-12,16H,7-10H2,1-4H3,(H,24,25). The Morgan fingerprint density at radius 1 is 1.42 bits per heavy atom. The SMILES string of the molecule is COc1c(Br)ccc2nn(CC3CCN(C(=O)O)C(C(C)(C)C)C3)cc12. The van der Waals surface area contributed by atoms with Crippen molar-refractivity contribution in [3.8, 4) is 5.75 Å². The minimum Gasteiger partial charge on any atom is -0.495 e. The molecule has 2 heterocycles. The number of carbonyl (C=O) groups is 1. The molecule has 2 atom stereocenters. The van der Waals surface area contributed by atoms with Gasteiger partial charge in [0, 0.05) is 25.3 Å². The molecule has 1 aromatic heterocycles. The molecule has 0 bridgehead atoms. The minimum atomic E-state index is -0.817. The van der Waals surface area contributed by atoms with Crippen LogP contribution in [0.15, 0.2) is 22.8 Å². The zero-order valence-electron chi connectivity index (χ0n) is 15.7. The van der Waals surface area contributed by atoms with E-state index in [1.165, 1.54) is 0 Å². The lowest BCUT2D eigenvalue weighted by Gasteiger charge is -2.44. The van der Waals surface area contributed by atoms with Crippen molar-refractivity contribution in [2.75, 3.05) is 13.7 Å². The van der Waals surface area contributed by atoms with Crippen LogP contribution in [0, 0.1) is 11.3 Å². The van der Waals surface area contributed by atoms with E-state index in [1.807, 2.05) is 23.0 Å². The second-order valence-corrected chi connectivity index (χ2v) is 8.97. The Kier molecular flexibility index (Phi) is 5.19. The van der Waals surface area contributed by atoms with Crippen LogP contribution in [0.5, 0.6) is 5.75 Å². The van der Waals surface area contributed by atoms with Crippen LogP contribution in [0.4, 0.5) is 4.79 Å². The Hall–Kier alpha value is -1.76. The molecular weight excluding hydrogens is 398 g/mol. The largest absolute Gasteiger partial charge is 0.495 e. The van der Waals surface area contributed by atoms with Crippen LogP contribution in [0.1, 0.15) is 33.6 Å². The van der Waals surface area contributed by atoms with Gasteiger partial charge in [-0.05, 0) is 52.2 Å². The van der Waals surface area contributed by atoms with Crippen molar-refractivity contribution in [3.63, 3.8) is 0 Å². The van der Waals surface area contributed by atoms with Crippen molar-refractivity contribution in [2.24, 2.45) is 11.3 Å². The number of likely N-dealkylation sites (tertiary alicyclic amines) is 1. The summed E-state index contributed by atoms with van der Waals surface area (Å²) in [6.07, 6.45) is 2.92. The summed E-state index contributed by atoms with van der Waals surface area (Å²) in [5, 5.41) is 15.2. The highest BCUT2D eigenvalue weighted by Crippen LogP contribution is 2.36. The summed E-state index contributed by atoms with van der Waals surface area (Å²) in [5.74, 6) is 1.19. The Balaban J connectivity index is 1.81. The van der Waals surface area contributed by atoms with Gasteiger partial charge in [-0.2, -0.15) is 5.10 Å². The molecule has 0 saturated carbocycles. The normalized spacial score (nSPS) is 21.2. The summed E-state index contributed by atoms with van der Waals surface area (Å²) in [6.45, 7) is 7.70. The molecule has 26 heavy (non-hydrogen) atoms. The Labute approximate surface area is 162 Å². The highest BCUT2D eigenvalue weighted by molar-refractivity contribution is 9.10. The summed E-state index contributed by atoms with van der Waals surface area (Å²) in [6, 6.07) is 3.94. The highest BCUT2D eigenvalue weighted by atomic mass is 79.9. The molecule has 1 fully saturated rings. The maximum atomic E-state index is 11.6. The number of amides is 1.